The van der Waals surface area contributed by atoms with Gasteiger partial charge in [0.1, 0.15) is 5.82 Å². The minimum absolute atomic E-state index is 0.474. The molecule has 0 bridgehead atoms. The van der Waals surface area contributed by atoms with Gasteiger partial charge in [0.2, 0.25) is 0 Å². The van der Waals surface area contributed by atoms with Gasteiger partial charge in [0.05, 0.1) is 22.7 Å². The molecule has 0 unspecified atom stereocenters. The summed E-state index contributed by atoms with van der Waals surface area (Å²) in [5.41, 5.74) is 2.67. The van der Waals surface area contributed by atoms with Crippen LogP contribution in [0.15, 0.2) is 18.2 Å². The Morgan fingerprint density at radius 3 is 2.89 bits per heavy atom. The predicted molar refractivity (Wildman–Crippen MR) is 68.2 cm³/mol. The van der Waals surface area contributed by atoms with Gasteiger partial charge in [-0.3, -0.25) is 0 Å². The predicted octanol–water partition coefficient (Wildman–Crippen LogP) is 2.34. The minimum atomic E-state index is 0.474. The number of hydrogen-bond acceptors (Lipinski definition) is 3. The third-order valence-electron chi connectivity index (χ3n) is 3.63. The largest absolute Gasteiger partial charge is 0.381 e. The highest BCUT2D eigenvalue weighted by Crippen LogP contribution is 2.28. The highest BCUT2D eigenvalue weighted by molar-refractivity contribution is 5.77. The molecule has 2 heterocycles. The number of ether oxygens (including phenoxy) is 1. The van der Waals surface area contributed by atoms with Crippen molar-refractivity contribution in [1.29, 1.82) is 5.26 Å². The maximum atomic E-state index is 8.92. The third kappa shape index (κ3) is 1.77. The second-order valence-corrected chi connectivity index (χ2v) is 4.73. The van der Waals surface area contributed by atoms with Gasteiger partial charge in [-0.1, -0.05) is 0 Å². The van der Waals surface area contributed by atoms with E-state index < -0.39 is 0 Å². The first-order valence-electron chi connectivity index (χ1n) is 6.24. The van der Waals surface area contributed by atoms with E-state index in [1.807, 2.05) is 25.2 Å². The molecule has 3 rings (SSSR count). The van der Waals surface area contributed by atoms with Crippen LogP contribution >= 0.6 is 0 Å². The van der Waals surface area contributed by atoms with E-state index in [9.17, 15) is 0 Å². The first-order valence-corrected chi connectivity index (χ1v) is 6.24. The molecule has 1 aromatic carbocycles. The van der Waals surface area contributed by atoms with Crippen molar-refractivity contribution in [1.82, 2.24) is 9.55 Å². The van der Waals surface area contributed by atoms with Crippen LogP contribution in [0.4, 0.5) is 0 Å². The number of imidazole rings is 1. The Kier molecular flexibility index (Phi) is 2.77. The quantitative estimate of drug-likeness (QED) is 0.770. The number of benzene rings is 1. The summed E-state index contributed by atoms with van der Waals surface area (Å²) in [5, 5.41) is 8.92. The molecule has 4 nitrogen and oxygen atoms in total. The number of hydrogen-bond donors (Lipinski definition) is 0. The van der Waals surface area contributed by atoms with E-state index >= 15 is 0 Å². The highest BCUT2D eigenvalue weighted by Gasteiger charge is 2.21. The monoisotopic (exact) mass is 241 g/mol. The number of aromatic nitrogens is 2. The molecule has 1 aliphatic rings. The number of rotatable bonds is 1. The lowest BCUT2D eigenvalue weighted by Crippen LogP contribution is -2.17. The second kappa shape index (κ2) is 4.43. The zero-order valence-corrected chi connectivity index (χ0v) is 10.4. The molecule has 0 N–H and O–H groups in total. The summed E-state index contributed by atoms with van der Waals surface area (Å²) >= 11 is 0. The van der Waals surface area contributed by atoms with Gasteiger partial charge >= 0.3 is 0 Å². The summed E-state index contributed by atoms with van der Waals surface area (Å²) in [6.07, 6.45) is 2.06. The molecule has 4 heteroatoms. The van der Waals surface area contributed by atoms with Gasteiger partial charge in [0.15, 0.2) is 0 Å². The van der Waals surface area contributed by atoms with Crippen molar-refractivity contribution in [3.63, 3.8) is 0 Å². The third-order valence-corrected chi connectivity index (χ3v) is 3.63. The van der Waals surface area contributed by atoms with Crippen LogP contribution in [0, 0.1) is 11.3 Å². The molecule has 1 aromatic heterocycles. The van der Waals surface area contributed by atoms with E-state index in [4.69, 9.17) is 15.0 Å². The van der Waals surface area contributed by atoms with Gasteiger partial charge in [-0.15, -0.1) is 0 Å². The normalized spacial score (nSPS) is 16.9. The lowest BCUT2D eigenvalue weighted by Gasteiger charge is -2.21. The van der Waals surface area contributed by atoms with Gasteiger partial charge in [-0.2, -0.15) is 5.26 Å². The second-order valence-electron chi connectivity index (χ2n) is 4.73. The fourth-order valence-corrected chi connectivity index (χ4v) is 2.61. The van der Waals surface area contributed by atoms with Crippen molar-refractivity contribution in [2.24, 2.45) is 7.05 Å². The maximum absolute atomic E-state index is 8.92. The fourth-order valence-electron chi connectivity index (χ4n) is 2.61. The van der Waals surface area contributed by atoms with E-state index in [-0.39, 0.29) is 0 Å². The molecule has 1 aliphatic heterocycles. The van der Waals surface area contributed by atoms with Crippen LogP contribution in [0.5, 0.6) is 0 Å². The molecule has 1 fully saturated rings. The van der Waals surface area contributed by atoms with E-state index in [1.54, 1.807) is 0 Å². The Bertz CT molecular complexity index is 618. The fraction of sp³-hybridized carbons (Fsp3) is 0.429. The van der Waals surface area contributed by atoms with Gasteiger partial charge in [0.25, 0.3) is 0 Å². The van der Waals surface area contributed by atoms with E-state index in [2.05, 4.69) is 10.6 Å². The van der Waals surface area contributed by atoms with Crippen molar-refractivity contribution in [3.8, 4) is 6.07 Å². The maximum Gasteiger partial charge on any atom is 0.112 e. The molecule has 0 saturated carbocycles. The minimum Gasteiger partial charge on any atom is -0.381 e. The summed E-state index contributed by atoms with van der Waals surface area (Å²) in [5.74, 6) is 1.59. The Morgan fingerprint density at radius 2 is 2.17 bits per heavy atom. The smallest absolute Gasteiger partial charge is 0.112 e. The van der Waals surface area contributed by atoms with E-state index in [0.717, 1.165) is 42.9 Å². The topological polar surface area (TPSA) is 50.8 Å². The summed E-state index contributed by atoms with van der Waals surface area (Å²) < 4.78 is 7.54. The van der Waals surface area contributed by atoms with E-state index in [0.29, 0.717) is 11.5 Å². The van der Waals surface area contributed by atoms with Gasteiger partial charge in [-0.05, 0) is 31.0 Å². The molecule has 1 saturated heterocycles. The average Bonchev–Trinajstić information content (AvgIpc) is 2.76. The first kappa shape index (κ1) is 11.2. The molecule has 0 atom stereocenters. The van der Waals surface area contributed by atoms with Crippen LogP contribution in [0.25, 0.3) is 11.0 Å². The zero-order valence-electron chi connectivity index (χ0n) is 10.4. The van der Waals surface area contributed by atoms with Crippen molar-refractivity contribution >= 4 is 11.0 Å². The molecule has 18 heavy (non-hydrogen) atoms. The molecule has 0 amide bonds. The molecule has 0 aliphatic carbocycles. The van der Waals surface area contributed by atoms with Crippen LogP contribution in [0.2, 0.25) is 0 Å². The van der Waals surface area contributed by atoms with Crippen LogP contribution in [-0.4, -0.2) is 22.8 Å². The highest BCUT2D eigenvalue weighted by atomic mass is 16.5. The van der Waals surface area contributed by atoms with Gasteiger partial charge in [0, 0.05) is 26.2 Å². The zero-order chi connectivity index (χ0) is 12.5. The van der Waals surface area contributed by atoms with Crippen LogP contribution in [0.3, 0.4) is 0 Å². The molecule has 0 spiro atoms. The molecule has 2 aromatic rings. The van der Waals surface area contributed by atoms with Gasteiger partial charge < -0.3 is 9.30 Å². The Labute approximate surface area is 106 Å². The number of aryl methyl sites for hydroxylation is 1. The Balaban J connectivity index is 2.07. The lowest BCUT2D eigenvalue weighted by atomic mass is 9.99. The van der Waals surface area contributed by atoms with Crippen molar-refractivity contribution in [2.45, 2.75) is 18.8 Å². The lowest BCUT2D eigenvalue weighted by molar-refractivity contribution is 0.0831. The van der Waals surface area contributed by atoms with E-state index in [1.165, 1.54) is 0 Å². The number of fused-ring (bicyclic) bond motifs is 1. The summed E-state index contributed by atoms with van der Waals surface area (Å²) in [7, 11) is 2.05. The van der Waals surface area contributed by atoms with Crippen molar-refractivity contribution < 1.29 is 4.74 Å². The standard InChI is InChI=1S/C14H15N3O/c1-17-13-3-2-10(9-15)8-12(13)16-14(17)11-4-6-18-7-5-11/h2-3,8,11H,4-7H2,1H3. The summed E-state index contributed by atoms with van der Waals surface area (Å²) in [4.78, 5) is 4.70. The van der Waals surface area contributed by atoms with Crippen molar-refractivity contribution in [2.75, 3.05) is 13.2 Å². The Hall–Kier alpha value is -1.86. The van der Waals surface area contributed by atoms with Gasteiger partial charge in [-0.25, -0.2) is 4.98 Å². The average molecular weight is 241 g/mol. The molecular formula is C14H15N3O. The molecule has 0 radical (unpaired) electrons. The Morgan fingerprint density at radius 1 is 1.39 bits per heavy atom. The molecule has 92 valence electrons. The number of nitriles is 1. The first-order chi connectivity index (χ1) is 8.79. The summed E-state index contributed by atoms with van der Waals surface area (Å²) in [6.45, 7) is 1.63. The van der Waals surface area contributed by atoms with Crippen LogP contribution < -0.4 is 0 Å². The number of nitrogens with zero attached hydrogens (tertiary/aromatic N) is 3. The van der Waals surface area contributed by atoms with Crippen LogP contribution in [0.1, 0.15) is 30.1 Å². The van der Waals surface area contributed by atoms with Crippen molar-refractivity contribution in [3.05, 3.63) is 29.6 Å². The molecular weight excluding hydrogens is 226 g/mol. The van der Waals surface area contributed by atoms with Crippen LogP contribution in [-0.2, 0) is 11.8 Å². The summed E-state index contributed by atoms with van der Waals surface area (Å²) in [6, 6.07) is 7.84. The SMILES string of the molecule is Cn1c(C2CCOCC2)nc2cc(C#N)ccc21.